The van der Waals surface area contributed by atoms with Gasteiger partial charge in [-0.15, -0.1) is 0 Å². The third-order valence-electron chi connectivity index (χ3n) is 3.62. The lowest BCUT2D eigenvalue weighted by molar-refractivity contribution is -0.136. The minimum Gasteiger partial charge on any atom is -0.497 e. The number of nitrogens with one attached hydrogen (secondary N) is 3. The molecular weight excluding hydrogens is 414 g/mol. The number of carbonyl (C=O) groups is 3. The fraction of sp³-hybridized carbons (Fsp3) is 0.211. The number of carbonyl (C=O) groups excluding carboxylic acids is 3. The lowest BCUT2D eigenvalue weighted by Crippen LogP contribution is -2.33. The molecule has 0 aliphatic carbocycles. The first-order chi connectivity index (χ1) is 14.3. The van der Waals surface area contributed by atoms with Gasteiger partial charge in [-0.2, -0.15) is 5.10 Å². The molecule has 1 aromatic carbocycles. The molecule has 158 valence electrons. The SMILES string of the molecule is COc1ccc(OC)c(NC(=O)C(=O)N/N=C(/C)CC(=O)Nc2ccc(Cl)cn2)c1. The quantitative estimate of drug-likeness (QED) is 0.348. The van der Waals surface area contributed by atoms with Crippen molar-refractivity contribution in [1.82, 2.24) is 10.4 Å². The van der Waals surface area contributed by atoms with Crippen LogP contribution in [0.25, 0.3) is 0 Å². The number of benzene rings is 1. The topological polar surface area (TPSA) is 131 Å². The molecule has 0 aliphatic heterocycles. The van der Waals surface area contributed by atoms with Gasteiger partial charge in [-0.05, 0) is 31.2 Å². The monoisotopic (exact) mass is 433 g/mol. The zero-order valence-electron chi connectivity index (χ0n) is 16.5. The minimum atomic E-state index is -1.01. The number of amides is 3. The van der Waals surface area contributed by atoms with Crippen LogP contribution in [0.2, 0.25) is 5.02 Å². The van der Waals surface area contributed by atoms with E-state index in [0.717, 1.165) is 0 Å². The molecule has 10 nitrogen and oxygen atoms in total. The second-order valence-electron chi connectivity index (χ2n) is 5.89. The lowest BCUT2D eigenvalue weighted by Gasteiger charge is -2.11. The van der Waals surface area contributed by atoms with Crippen LogP contribution in [0, 0.1) is 0 Å². The van der Waals surface area contributed by atoms with Gasteiger partial charge in [0, 0.05) is 18.0 Å². The molecular formula is C19H20ClN5O5. The van der Waals surface area contributed by atoms with Gasteiger partial charge in [-0.3, -0.25) is 14.4 Å². The van der Waals surface area contributed by atoms with Crippen LogP contribution in [0.15, 0.2) is 41.6 Å². The Hall–Kier alpha value is -3.66. The first-order valence-corrected chi connectivity index (χ1v) is 8.98. The number of hydrogen-bond acceptors (Lipinski definition) is 7. The predicted molar refractivity (Wildman–Crippen MR) is 112 cm³/mol. The average Bonchev–Trinajstić information content (AvgIpc) is 2.73. The van der Waals surface area contributed by atoms with Crippen molar-refractivity contribution in [2.45, 2.75) is 13.3 Å². The van der Waals surface area contributed by atoms with E-state index in [0.29, 0.717) is 22.3 Å². The summed E-state index contributed by atoms with van der Waals surface area (Å²) in [7, 11) is 2.90. The standard InChI is InChI=1S/C19H20ClN5O5/c1-11(8-17(26)23-16-7-4-12(20)10-21-16)24-25-19(28)18(27)22-14-9-13(29-2)5-6-15(14)30-3/h4-7,9-10H,8H2,1-3H3,(H,22,27)(H,25,28)(H,21,23,26)/b24-11-. The number of hydrazone groups is 1. The van der Waals surface area contributed by atoms with Crippen LogP contribution >= 0.6 is 11.6 Å². The summed E-state index contributed by atoms with van der Waals surface area (Å²) in [6.45, 7) is 1.53. The second kappa shape index (κ2) is 10.8. The smallest absolute Gasteiger partial charge is 0.329 e. The minimum absolute atomic E-state index is 0.115. The first-order valence-electron chi connectivity index (χ1n) is 8.60. The van der Waals surface area contributed by atoms with Crippen LogP contribution in [0.3, 0.4) is 0 Å². The van der Waals surface area contributed by atoms with Gasteiger partial charge in [-0.1, -0.05) is 11.6 Å². The largest absolute Gasteiger partial charge is 0.497 e. The molecule has 2 aromatic rings. The number of ether oxygens (including phenoxy) is 2. The molecule has 2 rings (SSSR count). The van der Waals surface area contributed by atoms with Crippen molar-refractivity contribution in [3.05, 3.63) is 41.6 Å². The van der Waals surface area contributed by atoms with Crippen LogP contribution in [0.4, 0.5) is 11.5 Å². The van der Waals surface area contributed by atoms with Crippen molar-refractivity contribution in [3.63, 3.8) is 0 Å². The molecule has 0 saturated heterocycles. The molecule has 0 fully saturated rings. The highest BCUT2D eigenvalue weighted by molar-refractivity contribution is 6.39. The Labute approximate surface area is 177 Å². The Morgan fingerprint density at radius 1 is 1.07 bits per heavy atom. The zero-order valence-corrected chi connectivity index (χ0v) is 17.2. The molecule has 0 aliphatic rings. The Kier molecular flexibility index (Phi) is 8.12. The molecule has 0 spiro atoms. The molecule has 0 radical (unpaired) electrons. The van der Waals surface area contributed by atoms with E-state index in [2.05, 4.69) is 26.1 Å². The molecule has 0 saturated carbocycles. The average molecular weight is 434 g/mol. The maximum absolute atomic E-state index is 12.1. The van der Waals surface area contributed by atoms with Crippen molar-refractivity contribution in [1.29, 1.82) is 0 Å². The number of pyridine rings is 1. The van der Waals surface area contributed by atoms with Crippen LogP contribution < -0.4 is 25.5 Å². The van der Waals surface area contributed by atoms with E-state index < -0.39 is 17.7 Å². The van der Waals surface area contributed by atoms with Gasteiger partial charge >= 0.3 is 11.8 Å². The second-order valence-corrected chi connectivity index (χ2v) is 6.33. The Bertz CT molecular complexity index is 962. The molecule has 1 heterocycles. The van der Waals surface area contributed by atoms with E-state index in [9.17, 15) is 14.4 Å². The Balaban J connectivity index is 1.90. The lowest BCUT2D eigenvalue weighted by atomic mass is 10.2. The van der Waals surface area contributed by atoms with Gasteiger partial charge in [0.2, 0.25) is 5.91 Å². The maximum atomic E-state index is 12.1. The molecule has 0 unspecified atom stereocenters. The predicted octanol–water partition coefficient (Wildman–Crippen LogP) is 2.21. The van der Waals surface area contributed by atoms with Crippen molar-refractivity contribution < 1.29 is 23.9 Å². The van der Waals surface area contributed by atoms with Crippen LogP contribution in [-0.2, 0) is 14.4 Å². The number of aromatic nitrogens is 1. The number of nitrogens with zero attached hydrogens (tertiary/aromatic N) is 2. The van der Waals surface area contributed by atoms with E-state index in [1.165, 1.54) is 33.4 Å². The number of methoxy groups -OCH3 is 2. The van der Waals surface area contributed by atoms with Gasteiger partial charge < -0.3 is 20.1 Å². The normalized spacial score (nSPS) is 10.7. The van der Waals surface area contributed by atoms with Gasteiger partial charge in [-0.25, -0.2) is 10.4 Å². The zero-order chi connectivity index (χ0) is 22.1. The van der Waals surface area contributed by atoms with Gasteiger partial charge in [0.1, 0.15) is 17.3 Å². The summed E-state index contributed by atoms with van der Waals surface area (Å²) in [5, 5.41) is 9.17. The number of anilines is 2. The Morgan fingerprint density at radius 3 is 2.47 bits per heavy atom. The summed E-state index contributed by atoms with van der Waals surface area (Å²) in [6, 6.07) is 7.87. The van der Waals surface area contributed by atoms with E-state index >= 15 is 0 Å². The summed E-state index contributed by atoms with van der Waals surface area (Å²) in [4.78, 5) is 40.0. The van der Waals surface area contributed by atoms with E-state index in [1.807, 2.05) is 0 Å². The van der Waals surface area contributed by atoms with E-state index in [-0.39, 0.29) is 17.8 Å². The summed E-state index contributed by atoms with van der Waals surface area (Å²) in [5.41, 5.74) is 2.63. The fourth-order valence-electron chi connectivity index (χ4n) is 2.20. The highest BCUT2D eigenvalue weighted by Gasteiger charge is 2.16. The molecule has 0 bridgehead atoms. The molecule has 30 heavy (non-hydrogen) atoms. The molecule has 11 heteroatoms. The summed E-state index contributed by atoms with van der Waals surface area (Å²) < 4.78 is 10.2. The van der Waals surface area contributed by atoms with Crippen LogP contribution in [0.1, 0.15) is 13.3 Å². The molecule has 3 amide bonds. The Morgan fingerprint density at radius 2 is 1.83 bits per heavy atom. The number of rotatable bonds is 7. The maximum Gasteiger partial charge on any atom is 0.329 e. The fourth-order valence-corrected chi connectivity index (χ4v) is 2.31. The van der Waals surface area contributed by atoms with E-state index in [1.54, 1.807) is 24.3 Å². The van der Waals surface area contributed by atoms with Gasteiger partial charge in [0.05, 0.1) is 31.4 Å². The summed E-state index contributed by atoms with van der Waals surface area (Å²) >= 11 is 5.73. The highest BCUT2D eigenvalue weighted by Crippen LogP contribution is 2.28. The van der Waals surface area contributed by atoms with Crippen molar-refractivity contribution in [2.24, 2.45) is 5.10 Å². The molecule has 1 aromatic heterocycles. The molecule has 0 atom stereocenters. The van der Waals surface area contributed by atoms with Crippen LogP contribution in [0.5, 0.6) is 11.5 Å². The number of hydrogen-bond donors (Lipinski definition) is 3. The van der Waals surface area contributed by atoms with Gasteiger partial charge in [0.25, 0.3) is 0 Å². The third-order valence-corrected chi connectivity index (χ3v) is 3.84. The summed E-state index contributed by atoms with van der Waals surface area (Å²) in [5.74, 6) is -1.23. The third kappa shape index (κ3) is 6.74. The number of halogens is 1. The molecule has 3 N–H and O–H groups in total. The first kappa shape index (κ1) is 22.6. The van der Waals surface area contributed by atoms with Crippen molar-refractivity contribution >= 4 is 46.5 Å². The highest BCUT2D eigenvalue weighted by atomic mass is 35.5. The summed E-state index contributed by atoms with van der Waals surface area (Å²) in [6.07, 6.45) is 1.28. The van der Waals surface area contributed by atoms with E-state index in [4.69, 9.17) is 21.1 Å². The van der Waals surface area contributed by atoms with Crippen molar-refractivity contribution in [2.75, 3.05) is 24.9 Å². The van der Waals surface area contributed by atoms with Crippen LogP contribution in [-0.4, -0.2) is 42.6 Å². The van der Waals surface area contributed by atoms with Gasteiger partial charge in [0.15, 0.2) is 0 Å². The van der Waals surface area contributed by atoms with Crippen molar-refractivity contribution in [3.8, 4) is 11.5 Å².